The van der Waals surface area contributed by atoms with Gasteiger partial charge in [0.25, 0.3) is 0 Å². The second kappa shape index (κ2) is 5.48. The van der Waals surface area contributed by atoms with Gasteiger partial charge in [-0.3, -0.25) is 9.59 Å². The predicted molar refractivity (Wildman–Crippen MR) is 76.6 cm³/mol. The molecule has 0 aliphatic carbocycles. The van der Waals surface area contributed by atoms with Crippen LogP contribution >= 0.6 is 11.8 Å². The van der Waals surface area contributed by atoms with Crippen molar-refractivity contribution >= 4 is 23.6 Å². The van der Waals surface area contributed by atoms with Crippen LogP contribution in [-0.4, -0.2) is 39.7 Å². The number of hydrogen-bond donors (Lipinski definition) is 1. The lowest BCUT2D eigenvalue weighted by molar-refractivity contribution is -0.143. The van der Waals surface area contributed by atoms with Crippen LogP contribution in [0.3, 0.4) is 0 Å². The lowest BCUT2D eigenvalue weighted by atomic mass is 9.89. The van der Waals surface area contributed by atoms with Crippen molar-refractivity contribution < 1.29 is 14.7 Å². The summed E-state index contributed by atoms with van der Waals surface area (Å²) in [6.07, 6.45) is 2.42. The first kappa shape index (κ1) is 13.5. The Labute approximate surface area is 122 Å². The van der Waals surface area contributed by atoms with E-state index < -0.39 is 5.97 Å². The Balaban J connectivity index is 1.62. The van der Waals surface area contributed by atoms with Crippen molar-refractivity contribution in [3.05, 3.63) is 30.3 Å². The monoisotopic (exact) mass is 291 g/mol. The lowest BCUT2D eigenvalue weighted by Crippen LogP contribution is -2.38. The van der Waals surface area contributed by atoms with Crippen molar-refractivity contribution in [3.8, 4) is 0 Å². The van der Waals surface area contributed by atoms with E-state index in [1.807, 2.05) is 35.2 Å². The molecule has 20 heavy (non-hydrogen) atoms. The molecule has 2 aliphatic heterocycles. The van der Waals surface area contributed by atoms with Gasteiger partial charge in [-0.05, 0) is 31.4 Å². The van der Waals surface area contributed by atoms with Crippen LogP contribution in [0.25, 0.3) is 0 Å². The zero-order valence-corrected chi connectivity index (χ0v) is 11.9. The molecule has 3 unspecified atom stereocenters. The van der Waals surface area contributed by atoms with Crippen molar-refractivity contribution in [2.45, 2.75) is 36.2 Å². The number of carboxylic acids is 1. The van der Waals surface area contributed by atoms with Crippen LogP contribution in [0.1, 0.15) is 19.3 Å². The Morgan fingerprint density at radius 1 is 1.25 bits per heavy atom. The number of nitrogens with zero attached hydrogens (tertiary/aromatic N) is 1. The molecule has 2 fully saturated rings. The number of amides is 1. The topological polar surface area (TPSA) is 57.6 Å². The molecule has 4 nitrogen and oxygen atoms in total. The molecule has 3 rings (SSSR count). The van der Waals surface area contributed by atoms with Gasteiger partial charge in [0.1, 0.15) is 0 Å². The zero-order valence-electron chi connectivity index (χ0n) is 11.1. The van der Waals surface area contributed by atoms with Crippen molar-refractivity contribution in [1.82, 2.24) is 4.90 Å². The summed E-state index contributed by atoms with van der Waals surface area (Å²) in [5.41, 5.74) is 0. The SMILES string of the molecule is O=C(O)C1CC2CCC1N2C(=O)CSc1ccccc1. The van der Waals surface area contributed by atoms with Gasteiger partial charge in [0.05, 0.1) is 11.7 Å². The fraction of sp³-hybridized carbons (Fsp3) is 0.467. The van der Waals surface area contributed by atoms with Crippen molar-refractivity contribution in [2.24, 2.45) is 5.92 Å². The first-order chi connectivity index (χ1) is 9.66. The molecule has 2 bridgehead atoms. The molecule has 0 aromatic heterocycles. The van der Waals surface area contributed by atoms with Gasteiger partial charge >= 0.3 is 5.97 Å². The molecule has 0 radical (unpaired) electrons. The Kier molecular flexibility index (Phi) is 3.70. The van der Waals surface area contributed by atoms with Crippen molar-refractivity contribution in [1.29, 1.82) is 0 Å². The van der Waals surface area contributed by atoms with Gasteiger partial charge in [-0.25, -0.2) is 0 Å². The minimum atomic E-state index is -0.759. The van der Waals surface area contributed by atoms with E-state index in [0.29, 0.717) is 12.2 Å². The summed E-state index contributed by atoms with van der Waals surface area (Å²) in [5, 5.41) is 9.20. The van der Waals surface area contributed by atoms with Crippen LogP contribution in [0.2, 0.25) is 0 Å². The van der Waals surface area contributed by atoms with E-state index in [2.05, 4.69) is 0 Å². The molecule has 1 N–H and O–H groups in total. The molecule has 1 amide bonds. The molecular formula is C15H17NO3S. The van der Waals surface area contributed by atoms with Gasteiger partial charge in [-0.1, -0.05) is 18.2 Å². The smallest absolute Gasteiger partial charge is 0.308 e. The normalized spacial score (nSPS) is 27.8. The number of carbonyl (C=O) groups is 2. The Morgan fingerprint density at radius 2 is 2.00 bits per heavy atom. The average Bonchev–Trinajstić information content (AvgIpc) is 3.03. The average molecular weight is 291 g/mol. The van der Waals surface area contributed by atoms with Gasteiger partial charge in [-0.15, -0.1) is 11.8 Å². The third kappa shape index (κ3) is 2.42. The van der Waals surface area contributed by atoms with Gasteiger partial charge < -0.3 is 10.0 Å². The third-order valence-corrected chi connectivity index (χ3v) is 5.24. The maximum atomic E-state index is 12.4. The first-order valence-corrected chi connectivity index (χ1v) is 7.87. The number of carbonyl (C=O) groups excluding carboxylic acids is 1. The second-order valence-corrected chi connectivity index (χ2v) is 6.43. The lowest BCUT2D eigenvalue weighted by Gasteiger charge is -2.22. The number of fused-ring (bicyclic) bond motifs is 2. The van der Waals surface area contributed by atoms with Crippen molar-refractivity contribution in [2.75, 3.05) is 5.75 Å². The maximum absolute atomic E-state index is 12.4. The van der Waals surface area contributed by atoms with E-state index in [1.165, 1.54) is 11.8 Å². The summed E-state index contributed by atoms with van der Waals surface area (Å²) in [4.78, 5) is 26.5. The number of aliphatic carboxylic acids is 1. The number of carboxylic acid groups (broad SMARTS) is 1. The summed E-state index contributed by atoms with van der Waals surface area (Å²) >= 11 is 1.52. The summed E-state index contributed by atoms with van der Waals surface area (Å²) in [6, 6.07) is 9.88. The highest BCUT2D eigenvalue weighted by molar-refractivity contribution is 8.00. The van der Waals surface area contributed by atoms with Crippen LogP contribution in [0.15, 0.2) is 35.2 Å². The fourth-order valence-electron chi connectivity index (χ4n) is 3.38. The van der Waals surface area contributed by atoms with Crippen LogP contribution in [0, 0.1) is 5.92 Å². The molecule has 0 spiro atoms. The van der Waals surface area contributed by atoms with Crippen LogP contribution in [0.4, 0.5) is 0 Å². The predicted octanol–water partition coefficient (Wildman–Crippen LogP) is 2.24. The van der Waals surface area contributed by atoms with Gasteiger partial charge in [-0.2, -0.15) is 0 Å². The second-order valence-electron chi connectivity index (χ2n) is 5.38. The molecule has 2 heterocycles. The molecule has 2 aliphatic rings. The quantitative estimate of drug-likeness (QED) is 0.864. The molecule has 2 saturated heterocycles. The van der Waals surface area contributed by atoms with E-state index in [-0.39, 0.29) is 23.9 Å². The maximum Gasteiger partial charge on any atom is 0.308 e. The Bertz CT molecular complexity index is 519. The minimum absolute atomic E-state index is 0.0788. The van der Waals surface area contributed by atoms with Crippen LogP contribution < -0.4 is 0 Å². The molecule has 5 heteroatoms. The molecule has 106 valence electrons. The highest BCUT2D eigenvalue weighted by Crippen LogP contribution is 2.42. The largest absolute Gasteiger partial charge is 0.481 e. The highest BCUT2D eigenvalue weighted by Gasteiger charge is 2.50. The van der Waals surface area contributed by atoms with Gasteiger partial charge in [0.15, 0.2) is 0 Å². The zero-order chi connectivity index (χ0) is 14.1. The molecular weight excluding hydrogens is 274 g/mol. The Hall–Kier alpha value is -1.49. The number of hydrogen-bond acceptors (Lipinski definition) is 3. The van der Waals surface area contributed by atoms with Crippen molar-refractivity contribution in [3.63, 3.8) is 0 Å². The third-order valence-electron chi connectivity index (χ3n) is 4.25. The Morgan fingerprint density at radius 3 is 2.65 bits per heavy atom. The highest BCUT2D eigenvalue weighted by atomic mass is 32.2. The van der Waals surface area contributed by atoms with Crippen LogP contribution in [0.5, 0.6) is 0 Å². The van der Waals surface area contributed by atoms with Crippen LogP contribution in [-0.2, 0) is 9.59 Å². The number of thioether (sulfide) groups is 1. The van der Waals surface area contributed by atoms with Gasteiger partial charge in [0, 0.05) is 17.0 Å². The minimum Gasteiger partial charge on any atom is -0.481 e. The summed E-state index contributed by atoms with van der Waals surface area (Å²) in [5.74, 6) is -0.649. The van der Waals surface area contributed by atoms with E-state index in [0.717, 1.165) is 17.7 Å². The van der Waals surface area contributed by atoms with E-state index >= 15 is 0 Å². The number of benzene rings is 1. The molecule has 3 atom stereocenters. The molecule has 1 aromatic carbocycles. The number of rotatable bonds is 4. The molecule has 0 saturated carbocycles. The van der Waals surface area contributed by atoms with E-state index in [4.69, 9.17) is 0 Å². The summed E-state index contributed by atoms with van der Waals surface area (Å²) < 4.78 is 0. The molecule has 1 aromatic rings. The summed E-state index contributed by atoms with van der Waals surface area (Å²) in [6.45, 7) is 0. The fourth-order valence-corrected chi connectivity index (χ4v) is 4.17. The van der Waals surface area contributed by atoms with E-state index in [9.17, 15) is 14.7 Å². The van der Waals surface area contributed by atoms with Gasteiger partial charge in [0.2, 0.25) is 5.91 Å². The standard InChI is InChI=1S/C15H17NO3S/c17-14(9-20-11-4-2-1-3-5-11)16-10-6-7-13(16)12(8-10)15(18)19/h1-5,10,12-13H,6-9H2,(H,18,19). The summed E-state index contributed by atoms with van der Waals surface area (Å²) in [7, 11) is 0. The first-order valence-electron chi connectivity index (χ1n) is 6.88. The van der Waals surface area contributed by atoms with E-state index in [1.54, 1.807) is 0 Å².